The fourth-order valence-corrected chi connectivity index (χ4v) is 3.79. The minimum absolute atomic E-state index is 0.0707. The molecule has 10 heteroatoms. The number of aromatic nitrogens is 4. The molecule has 1 amide bonds. The first-order valence-electron chi connectivity index (χ1n) is 8.49. The Morgan fingerprint density at radius 3 is 2.68 bits per heavy atom. The van der Waals surface area contributed by atoms with Crippen LogP contribution in [0.25, 0.3) is 5.69 Å². The van der Waals surface area contributed by atoms with Crippen LogP contribution in [0, 0.1) is 0 Å². The number of hydrogen-bond donors (Lipinski definition) is 0. The summed E-state index contributed by atoms with van der Waals surface area (Å²) in [5.41, 5.74) is -0.842. The van der Waals surface area contributed by atoms with Gasteiger partial charge in [-0.3, -0.25) is 18.7 Å². The molecule has 5 rings (SSSR count). The van der Waals surface area contributed by atoms with Gasteiger partial charge in [-0.1, -0.05) is 6.07 Å². The fraction of sp³-hybridized carbons (Fsp3) is 0.222. The predicted molar refractivity (Wildman–Crippen MR) is 88.9 cm³/mol. The summed E-state index contributed by atoms with van der Waals surface area (Å²) >= 11 is 0. The van der Waals surface area contributed by atoms with Gasteiger partial charge in [0.1, 0.15) is 12.7 Å². The second kappa shape index (κ2) is 5.54. The predicted octanol–water partition coefficient (Wildman–Crippen LogP) is 2.68. The van der Waals surface area contributed by atoms with Crippen molar-refractivity contribution in [1.29, 1.82) is 0 Å². The number of rotatable bonds is 1. The molecule has 2 aromatic heterocycles. The van der Waals surface area contributed by atoms with Crippen molar-refractivity contribution in [1.82, 2.24) is 24.0 Å². The van der Waals surface area contributed by atoms with Gasteiger partial charge in [0.05, 0.1) is 28.6 Å². The Bertz CT molecular complexity index is 1120. The van der Waals surface area contributed by atoms with Crippen LogP contribution in [-0.2, 0) is 6.18 Å². The normalized spacial score (nSPS) is 18.0. The zero-order chi connectivity index (χ0) is 19.6. The summed E-state index contributed by atoms with van der Waals surface area (Å²) in [7, 11) is 0. The Labute approximate surface area is 156 Å². The van der Waals surface area contributed by atoms with Gasteiger partial charge in [0.15, 0.2) is 5.69 Å². The van der Waals surface area contributed by atoms with E-state index in [4.69, 9.17) is 0 Å². The van der Waals surface area contributed by atoms with E-state index in [1.54, 1.807) is 0 Å². The van der Waals surface area contributed by atoms with Crippen molar-refractivity contribution in [3.05, 3.63) is 65.8 Å². The number of imidazole rings is 2. The van der Waals surface area contributed by atoms with Crippen LogP contribution in [-0.4, -0.2) is 42.4 Å². The maximum Gasteiger partial charge on any atom is 0.417 e. The third kappa shape index (κ3) is 2.17. The van der Waals surface area contributed by atoms with E-state index in [2.05, 4.69) is 9.97 Å². The Morgan fingerprint density at radius 1 is 1.21 bits per heavy atom. The quantitative estimate of drug-likeness (QED) is 0.644. The van der Waals surface area contributed by atoms with Gasteiger partial charge in [0.2, 0.25) is 0 Å². The number of benzene rings is 1. The van der Waals surface area contributed by atoms with E-state index in [1.165, 1.54) is 51.2 Å². The lowest BCUT2D eigenvalue weighted by Gasteiger charge is -2.40. The van der Waals surface area contributed by atoms with E-state index in [1.807, 2.05) is 0 Å². The highest BCUT2D eigenvalue weighted by atomic mass is 19.4. The van der Waals surface area contributed by atoms with E-state index in [0.29, 0.717) is 18.7 Å². The van der Waals surface area contributed by atoms with Crippen LogP contribution in [0.1, 0.15) is 44.6 Å². The van der Waals surface area contributed by atoms with E-state index in [0.717, 1.165) is 6.07 Å². The SMILES string of the molecule is O=C1c2c(cccc2C(F)(F)F)-n2cnc(C(=O)n3ccnc3)c2[C@@H]2CCN12. The number of hydrogen-bond acceptors (Lipinski definition) is 4. The van der Waals surface area contributed by atoms with Gasteiger partial charge in [-0.2, -0.15) is 13.2 Å². The molecule has 3 aromatic rings. The highest BCUT2D eigenvalue weighted by molar-refractivity contribution is 6.02. The number of halogens is 3. The third-order valence-electron chi connectivity index (χ3n) is 5.16. The van der Waals surface area contributed by atoms with Crippen LogP contribution in [0.15, 0.2) is 43.2 Å². The molecule has 1 aromatic carbocycles. The maximum atomic E-state index is 13.6. The third-order valence-corrected chi connectivity index (χ3v) is 5.16. The monoisotopic (exact) mass is 387 g/mol. The van der Waals surface area contributed by atoms with Crippen LogP contribution < -0.4 is 0 Å². The highest BCUT2D eigenvalue weighted by Gasteiger charge is 2.46. The van der Waals surface area contributed by atoms with Gasteiger partial charge in [-0.15, -0.1) is 0 Å². The lowest BCUT2D eigenvalue weighted by atomic mass is 9.96. The minimum Gasteiger partial charge on any atom is -0.330 e. The lowest BCUT2D eigenvalue weighted by Crippen LogP contribution is -2.45. The van der Waals surface area contributed by atoms with Crippen LogP contribution in [0.3, 0.4) is 0 Å². The van der Waals surface area contributed by atoms with Gasteiger partial charge in [0.25, 0.3) is 11.8 Å². The lowest BCUT2D eigenvalue weighted by molar-refractivity contribution is -0.138. The smallest absolute Gasteiger partial charge is 0.330 e. The molecular weight excluding hydrogens is 375 g/mol. The topological polar surface area (TPSA) is 73.0 Å². The van der Waals surface area contributed by atoms with Gasteiger partial charge < -0.3 is 4.90 Å². The van der Waals surface area contributed by atoms with Gasteiger partial charge >= 0.3 is 6.18 Å². The average Bonchev–Trinajstić information content (AvgIpc) is 3.27. The van der Waals surface area contributed by atoms with Crippen LogP contribution in [0.5, 0.6) is 0 Å². The molecule has 0 spiro atoms. The van der Waals surface area contributed by atoms with E-state index in [9.17, 15) is 22.8 Å². The number of carbonyl (C=O) groups is 2. The Morgan fingerprint density at radius 2 is 2.04 bits per heavy atom. The molecule has 0 aliphatic carbocycles. The molecule has 2 aliphatic rings. The first kappa shape index (κ1) is 16.7. The molecule has 1 saturated heterocycles. The van der Waals surface area contributed by atoms with E-state index >= 15 is 0 Å². The fourth-order valence-electron chi connectivity index (χ4n) is 3.79. The summed E-state index contributed by atoms with van der Waals surface area (Å²) < 4.78 is 43.3. The second-order valence-electron chi connectivity index (χ2n) is 6.62. The maximum absolute atomic E-state index is 13.6. The largest absolute Gasteiger partial charge is 0.417 e. The molecule has 28 heavy (non-hydrogen) atoms. The highest BCUT2D eigenvalue weighted by Crippen LogP contribution is 2.44. The first-order valence-corrected chi connectivity index (χ1v) is 8.49. The zero-order valence-corrected chi connectivity index (χ0v) is 14.2. The Balaban J connectivity index is 1.77. The summed E-state index contributed by atoms with van der Waals surface area (Å²) in [4.78, 5) is 35.1. The molecule has 0 N–H and O–H groups in total. The average molecular weight is 387 g/mol. The molecular formula is C18H12F3N5O2. The van der Waals surface area contributed by atoms with Crippen molar-refractivity contribution in [2.75, 3.05) is 6.54 Å². The molecule has 0 saturated carbocycles. The van der Waals surface area contributed by atoms with Crippen molar-refractivity contribution in [3.63, 3.8) is 0 Å². The number of fused-ring (bicyclic) bond motifs is 5. The molecule has 142 valence electrons. The number of alkyl halides is 3. The molecule has 0 unspecified atom stereocenters. The van der Waals surface area contributed by atoms with Crippen LogP contribution in [0.4, 0.5) is 13.2 Å². The minimum atomic E-state index is -4.68. The van der Waals surface area contributed by atoms with E-state index < -0.39 is 35.2 Å². The Kier molecular flexibility index (Phi) is 3.31. The molecule has 0 bridgehead atoms. The van der Waals surface area contributed by atoms with Crippen molar-refractivity contribution in [2.45, 2.75) is 18.6 Å². The molecule has 1 atom stereocenters. The van der Waals surface area contributed by atoms with E-state index in [-0.39, 0.29) is 11.4 Å². The number of carbonyl (C=O) groups excluding carboxylic acids is 2. The van der Waals surface area contributed by atoms with Crippen LogP contribution >= 0.6 is 0 Å². The number of nitrogens with zero attached hydrogens (tertiary/aromatic N) is 5. The second-order valence-corrected chi connectivity index (χ2v) is 6.62. The molecule has 7 nitrogen and oxygen atoms in total. The Hall–Kier alpha value is -3.43. The van der Waals surface area contributed by atoms with Crippen molar-refractivity contribution >= 4 is 11.8 Å². The van der Waals surface area contributed by atoms with Gasteiger partial charge in [-0.05, 0) is 18.6 Å². The first-order chi connectivity index (χ1) is 13.4. The van der Waals surface area contributed by atoms with Gasteiger partial charge in [0, 0.05) is 18.9 Å². The summed E-state index contributed by atoms with van der Waals surface area (Å²) in [6.07, 6.45) is 1.39. The zero-order valence-electron chi connectivity index (χ0n) is 14.2. The summed E-state index contributed by atoms with van der Waals surface area (Å²) in [5.74, 6) is -1.15. The molecule has 0 radical (unpaired) electrons. The summed E-state index contributed by atoms with van der Waals surface area (Å²) in [5, 5.41) is 0. The molecule has 1 fully saturated rings. The number of amides is 1. The van der Waals surface area contributed by atoms with Crippen molar-refractivity contribution in [3.8, 4) is 5.69 Å². The summed E-state index contributed by atoms with van der Waals surface area (Å²) in [6, 6.07) is 3.07. The molecule has 2 aliphatic heterocycles. The van der Waals surface area contributed by atoms with Crippen molar-refractivity contribution < 1.29 is 22.8 Å². The molecule has 4 heterocycles. The standard InChI is InChI=1S/C18H12F3N5O2/c19-18(20,21)10-2-1-3-11-13(10)16(27)25-6-4-12(25)15-14(23-9-26(11)15)17(28)24-7-5-22-8-24/h1-3,5,7-9,12H,4,6H2/t12-/m0/s1. The van der Waals surface area contributed by atoms with Gasteiger partial charge in [-0.25, -0.2) is 9.97 Å². The van der Waals surface area contributed by atoms with Crippen molar-refractivity contribution in [2.24, 2.45) is 0 Å². The summed E-state index contributed by atoms with van der Waals surface area (Å²) in [6.45, 7) is 0.318. The van der Waals surface area contributed by atoms with Crippen LogP contribution in [0.2, 0.25) is 0 Å².